The van der Waals surface area contributed by atoms with Crippen molar-refractivity contribution in [2.45, 2.75) is 44.8 Å². The number of likely N-dealkylation sites (tertiary alicyclic amines) is 1. The third kappa shape index (κ3) is 1.88. The molecular formula is C16H22N2. The molecule has 2 unspecified atom stereocenters. The summed E-state index contributed by atoms with van der Waals surface area (Å²) in [6.07, 6.45) is 5.59. The van der Waals surface area contributed by atoms with Crippen LogP contribution in [-0.2, 0) is 19.5 Å². The van der Waals surface area contributed by atoms with Crippen LogP contribution in [0.4, 0.5) is 0 Å². The normalized spacial score (nSPS) is 30.7. The molecule has 1 N–H and O–H groups in total. The second kappa shape index (κ2) is 4.36. The van der Waals surface area contributed by atoms with Crippen molar-refractivity contribution in [2.75, 3.05) is 13.1 Å². The lowest BCUT2D eigenvalue weighted by Crippen LogP contribution is -2.31. The van der Waals surface area contributed by atoms with E-state index in [1.165, 1.54) is 49.9 Å². The zero-order chi connectivity index (χ0) is 11.9. The lowest BCUT2D eigenvalue weighted by atomic mass is 9.98. The summed E-state index contributed by atoms with van der Waals surface area (Å²) in [6, 6.07) is 8.05. The maximum Gasteiger partial charge on any atom is 0.0236 e. The Hall–Kier alpha value is -0.860. The largest absolute Gasteiger partial charge is 0.312 e. The van der Waals surface area contributed by atoms with Crippen molar-refractivity contribution in [3.05, 3.63) is 34.9 Å². The fourth-order valence-corrected chi connectivity index (χ4v) is 4.09. The number of hydrogen-bond donors (Lipinski definition) is 1. The Bertz CT molecular complexity index is 454. The van der Waals surface area contributed by atoms with Gasteiger partial charge in [0, 0.05) is 25.7 Å². The van der Waals surface area contributed by atoms with Crippen molar-refractivity contribution in [1.29, 1.82) is 0 Å². The van der Waals surface area contributed by atoms with E-state index in [0.29, 0.717) is 0 Å². The smallest absolute Gasteiger partial charge is 0.0236 e. The van der Waals surface area contributed by atoms with Crippen molar-refractivity contribution in [3.63, 3.8) is 0 Å². The Kier molecular flexibility index (Phi) is 2.66. The van der Waals surface area contributed by atoms with Crippen LogP contribution in [0, 0.1) is 5.92 Å². The van der Waals surface area contributed by atoms with Gasteiger partial charge >= 0.3 is 0 Å². The van der Waals surface area contributed by atoms with Crippen LogP contribution in [-0.4, -0.2) is 24.0 Å². The summed E-state index contributed by atoms with van der Waals surface area (Å²) >= 11 is 0. The third-order valence-electron chi connectivity index (χ3n) is 5.07. The number of hydrogen-bond acceptors (Lipinski definition) is 2. The predicted molar refractivity (Wildman–Crippen MR) is 73.4 cm³/mol. The SMILES string of the molecule is c1cc2c(cc1CN1CC3CCC1C3)CNCC2. The van der Waals surface area contributed by atoms with Gasteiger partial charge in [0.2, 0.25) is 0 Å². The monoisotopic (exact) mass is 242 g/mol. The van der Waals surface area contributed by atoms with Crippen LogP contribution in [0.5, 0.6) is 0 Å². The molecule has 96 valence electrons. The van der Waals surface area contributed by atoms with Crippen LogP contribution in [0.2, 0.25) is 0 Å². The Morgan fingerprint density at radius 1 is 1.22 bits per heavy atom. The first-order chi connectivity index (χ1) is 8.88. The van der Waals surface area contributed by atoms with Gasteiger partial charge in [0.25, 0.3) is 0 Å². The van der Waals surface area contributed by atoms with Crippen molar-refractivity contribution in [3.8, 4) is 0 Å². The zero-order valence-corrected chi connectivity index (χ0v) is 11.0. The zero-order valence-electron chi connectivity index (χ0n) is 11.0. The molecule has 1 saturated heterocycles. The van der Waals surface area contributed by atoms with Gasteiger partial charge in [0.15, 0.2) is 0 Å². The standard InChI is InChI=1S/C16H22N2/c1-3-14-5-6-17-9-15(14)7-12(1)10-18-11-13-2-4-16(18)8-13/h1,3,7,13,16-17H,2,4-6,8-11H2. The molecule has 1 aliphatic carbocycles. The number of nitrogens with one attached hydrogen (secondary N) is 1. The predicted octanol–water partition coefficient (Wildman–Crippen LogP) is 2.32. The van der Waals surface area contributed by atoms with Crippen LogP contribution in [0.15, 0.2) is 18.2 Å². The van der Waals surface area contributed by atoms with Crippen LogP contribution >= 0.6 is 0 Å². The number of piperidine rings is 1. The van der Waals surface area contributed by atoms with Crippen LogP contribution in [0.25, 0.3) is 0 Å². The fraction of sp³-hybridized carbons (Fsp3) is 0.625. The fourth-order valence-electron chi connectivity index (χ4n) is 4.09. The number of fused-ring (bicyclic) bond motifs is 3. The van der Waals surface area contributed by atoms with Crippen molar-refractivity contribution < 1.29 is 0 Å². The van der Waals surface area contributed by atoms with Crippen molar-refractivity contribution in [2.24, 2.45) is 5.92 Å². The summed E-state index contributed by atoms with van der Waals surface area (Å²) in [5.74, 6) is 1.01. The summed E-state index contributed by atoms with van der Waals surface area (Å²) < 4.78 is 0. The molecule has 2 atom stereocenters. The Balaban J connectivity index is 1.51. The molecule has 1 aromatic rings. The van der Waals surface area contributed by atoms with Crippen molar-refractivity contribution in [1.82, 2.24) is 10.2 Å². The highest BCUT2D eigenvalue weighted by atomic mass is 15.2. The van der Waals surface area contributed by atoms with Gasteiger partial charge in [0.05, 0.1) is 0 Å². The summed E-state index contributed by atoms with van der Waals surface area (Å²) in [5.41, 5.74) is 4.61. The number of rotatable bonds is 2. The van der Waals surface area contributed by atoms with Gasteiger partial charge in [-0.2, -0.15) is 0 Å². The Labute approximate surface area is 109 Å². The molecule has 2 heteroatoms. The highest BCUT2D eigenvalue weighted by Crippen LogP contribution is 2.38. The van der Waals surface area contributed by atoms with Crippen LogP contribution < -0.4 is 5.32 Å². The summed E-state index contributed by atoms with van der Waals surface area (Å²) in [4.78, 5) is 2.71. The average molecular weight is 242 g/mol. The van der Waals surface area contributed by atoms with E-state index in [2.05, 4.69) is 28.4 Å². The van der Waals surface area contributed by atoms with E-state index < -0.39 is 0 Å². The van der Waals surface area contributed by atoms with E-state index in [1.807, 2.05) is 0 Å². The average Bonchev–Trinajstić information content (AvgIpc) is 3.01. The lowest BCUT2D eigenvalue weighted by molar-refractivity contribution is 0.205. The van der Waals surface area contributed by atoms with E-state index in [-0.39, 0.29) is 0 Å². The first kappa shape index (κ1) is 11.0. The summed E-state index contributed by atoms with van der Waals surface area (Å²) in [6.45, 7) is 4.73. The molecule has 0 spiro atoms. The van der Waals surface area contributed by atoms with Crippen LogP contribution in [0.1, 0.15) is 36.0 Å². The van der Waals surface area contributed by atoms with E-state index >= 15 is 0 Å². The maximum absolute atomic E-state index is 3.48. The first-order valence-electron chi connectivity index (χ1n) is 7.44. The number of nitrogens with zero attached hydrogens (tertiary/aromatic N) is 1. The maximum atomic E-state index is 3.48. The molecule has 3 aliphatic rings. The minimum atomic E-state index is 0.893. The third-order valence-corrected chi connectivity index (χ3v) is 5.07. The van der Waals surface area contributed by atoms with E-state index in [0.717, 1.165) is 25.0 Å². The molecule has 1 aromatic carbocycles. The summed E-state index contributed by atoms with van der Waals surface area (Å²) in [7, 11) is 0. The molecule has 2 nitrogen and oxygen atoms in total. The molecule has 4 rings (SSSR count). The second-order valence-electron chi connectivity index (χ2n) is 6.29. The van der Waals surface area contributed by atoms with Gasteiger partial charge < -0.3 is 5.32 Å². The lowest BCUT2D eigenvalue weighted by Gasteiger charge is -2.27. The quantitative estimate of drug-likeness (QED) is 0.856. The topological polar surface area (TPSA) is 15.3 Å². The first-order valence-corrected chi connectivity index (χ1v) is 7.44. The van der Waals surface area contributed by atoms with E-state index in [1.54, 1.807) is 5.56 Å². The highest BCUT2D eigenvalue weighted by molar-refractivity contribution is 5.33. The molecule has 2 fully saturated rings. The molecule has 2 heterocycles. The van der Waals surface area contributed by atoms with Crippen molar-refractivity contribution >= 4 is 0 Å². The highest BCUT2D eigenvalue weighted by Gasteiger charge is 2.37. The molecule has 2 aliphatic heterocycles. The molecule has 0 aromatic heterocycles. The molecular weight excluding hydrogens is 220 g/mol. The second-order valence-corrected chi connectivity index (χ2v) is 6.29. The van der Waals surface area contributed by atoms with Gasteiger partial charge in [0.1, 0.15) is 0 Å². The number of benzene rings is 1. The molecule has 18 heavy (non-hydrogen) atoms. The van der Waals surface area contributed by atoms with E-state index in [9.17, 15) is 0 Å². The minimum Gasteiger partial charge on any atom is -0.312 e. The minimum absolute atomic E-state index is 0.893. The van der Waals surface area contributed by atoms with Gasteiger partial charge in [-0.25, -0.2) is 0 Å². The Morgan fingerprint density at radius 3 is 3.06 bits per heavy atom. The van der Waals surface area contributed by atoms with E-state index in [4.69, 9.17) is 0 Å². The van der Waals surface area contributed by atoms with Gasteiger partial charge in [-0.05, 0) is 54.8 Å². The molecule has 2 bridgehead atoms. The summed E-state index contributed by atoms with van der Waals surface area (Å²) in [5, 5.41) is 3.48. The van der Waals surface area contributed by atoms with Gasteiger partial charge in [-0.15, -0.1) is 0 Å². The molecule has 0 radical (unpaired) electrons. The molecule has 0 amide bonds. The molecule has 1 saturated carbocycles. The van der Waals surface area contributed by atoms with Crippen LogP contribution in [0.3, 0.4) is 0 Å². The Morgan fingerprint density at radius 2 is 2.22 bits per heavy atom. The van der Waals surface area contributed by atoms with Gasteiger partial charge in [-0.3, -0.25) is 4.90 Å². The van der Waals surface area contributed by atoms with Gasteiger partial charge in [-0.1, -0.05) is 18.2 Å².